The van der Waals surface area contributed by atoms with Gasteiger partial charge in [-0.05, 0) is 78.1 Å². The van der Waals surface area contributed by atoms with Crippen LogP contribution in [0.5, 0.6) is 0 Å². The summed E-state index contributed by atoms with van der Waals surface area (Å²) in [4.78, 5) is 0. The molecule has 3 aromatic carbocycles. The van der Waals surface area contributed by atoms with Gasteiger partial charge in [-0.3, -0.25) is 0 Å². The Kier molecular flexibility index (Phi) is 5.63. The lowest BCUT2D eigenvalue weighted by atomic mass is 9.78. The summed E-state index contributed by atoms with van der Waals surface area (Å²) in [6.45, 7) is 1.95. The van der Waals surface area contributed by atoms with Crippen LogP contribution in [0.25, 0.3) is 11.1 Å². The number of aryl methyl sites for hydroxylation is 1. The highest BCUT2D eigenvalue weighted by atomic mass is 19.2. The summed E-state index contributed by atoms with van der Waals surface area (Å²) in [7, 11) is 0. The van der Waals surface area contributed by atoms with Crippen molar-refractivity contribution in [1.29, 1.82) is 0 Å². The molecule has 0 aliphatic heterocycles. The summed E-state index contributed by atoms with van der Waals surface area (Å²) in [6.07, 6.45) is 2.46. The predicted molar refractivity (Wildman–Crippen MR) is 107 cm³/mol. The van der Waals surface area contributed by atoms with Gasteiger partial charge in [0.15, 0.2) is 11.6 Å². The maximum absolute atomic E-state index is 15.1. The Morgan fingerprint density at radius 1 is 0.833 bits per heavy atom. The van der Waals surface area contributed by atoms with Crippen molar-refractivity contribution in [3.8, 4) is 11.1 Å². The number of fused-ring (bicyclic) bond motifs is 1. The second kappa shape index (κ2) is 8.21. The summed E-state index contributed by atoms with van der Waals surface area (Å²) in [5.41, 5.74) is 2.29. The largest absolute Gasteiger partial charge is 0.207 e. The summed E-state index contributed by atoms with van der Waals surface area (Å²) in [5.74, 6) is -3.99. The molecule has 0 N–H and O–H groups in total. The standard InChI is InChI=1S/C25H21F5/c1-2-3-14-10-22(28)24(23(29)11-14)17-5-8-18-15(12-17)4-7-19(25(18)30)16-6-9-20(26)21(27)13-16/h4,6-7,9-11,13,17H,2-3,5,8,12H2,1H3. The van der Waals surface area contributed by atoms with Crippen LogP contribution in [0.2, 0.25) is 0 Å². The molecule has 0 spiro atoms. The Bertz CT molecular complexity index is 1080. The van der Waals surface area contributed by atoms with Gasteiger partial charge in [-0.25, -0.2) is 22.0 Å². The Balaban J connectivity index is 1.66. The second-order valence-corrected chi connectivity index (χ2v) is 7.86. The van der Waals surface area contributed by atoms with Gasteiger partial charge in [0.2, 0.25) is 0 Å². The zero-order valence-electron chi connectivity index (χ0n) is 16.5. The summed E-state index contributed by atoms with van der Waals surface area (Å²) < 4.78 is 71.2. The zero-order chi connectivity index (χ0) is 21.4. The van der Waals surface area contributed by atoms with Crippen LogP contribution in [0.4, 0.5) is 22.0 Å². The van der Waals surface area contributed by atoms with Crippen LogP contribution in [0.15, 0.2) is 42.5 Å². The average molecular weight is 416 g/mol. The molecule has 0 saturated carbocycles. The molecule has 0 saturated heterocycles. The van der Waals surface area contributed by atoms with E-state index in [0.29, 0.717) is 42.4 Å². The molecule has 0 heterocycles. The maximum atomic E-state index is 15.1. The summed E-state index contributed by atoms with van der Waals surface area (Å²) in [5, 5.41) is 0. The maximum Gasteiger partial charge on any atom is 0.159 e. The van der Waals surface area contributed by atoms with Gasteiger partial charge >= 0.3 is 0 Å². The fourth-order valence-corrected chi connectivity index (χ4v) is 4.40. The smallest absolute Gasteiger partial charge is 0.159 e. The van der Waals surface area contributed by atoms with Gasteiger partial charge in [0.05, 0.1) is 0 Å². The van der Waals surface area contributed by atoms with Crippen molar-refractivity contribution in [1.82, 2.24) is 0 Å². The third-order valence-electron chi connectivity index (χ3n) is 5.87. The fourth-order valence-electron chi connectivity index (χ4n) is 4.40. The van der Waals surface area contributed by atoms with Gasteiger partial charge in [-0.15, -0.1) is 0 Å². The van der Waals surface area contributed by atoms with E-state index in [9.17, 15) is 17.6 Å². The molecule has 0 aromatic heterocycles. The first-order valence-corrected chi connectivity index (χ1v) is 10.1. The molecular formula is C25H21F5. The van der Waals surface area contributed by atoms with E-state index in [1.54, 1.807) is 6.07 Å². The molecule has 5 heteroatoms. The van der Waals surface area contributed by atoms with Gasteiger partial charge < -0.3 is 0 Å². The van der Waals surface area contributed by atoms with Crippen molar-refractivity contribution in [3.05, 3.63) is 93.8 Å². The van der Waals surface area contributed by atoms with Crippen LogP contribution in [0, 0.1) is 29.1 Å². The Labute approximate surface area is 172 Å². The lowest BCUT2D eigenvalue weighted by Gasteiger charge is -2.27. The van der Waals surface area contributed by atoms with Crippen LogP contribution in [0.1, 0.15) is 47.9 Å². The number of benzene rings is 3. The van der Waals surface area contributed by atoms with Crippen molar-refractivity contribution >= 4 is 0 Å². The minimum absolute atomic E-state index is 0.0607. The third kappa shape index (κ3) is 3.73. The number of rotatable bonds is 4. The predicted octanol–water partition coefficient (Wildman–Crippen LogP) is 7.27. The Morgan fingerprint density at radius 3 is 2.23 bits per heavy atom. The molecule has 30 heavy (non-hydrogen) atoms. The lowest BCUT2D eigenvalue weighted by molar-refractivity contribution is 0.481. The molecular weight excluding hydrogens is 395 g/mol. The highest BCUT2D eigenvalue weighted by Gasteiger charge is 2.28. The minimum atomic E-state index is -1.04. The number of hydrogen-bond donors (Lipinski definition) is 0. The van der Waals surface area contributed by atoms with E-state index in [-0.39, 0.29) is 22.6 Å². The van der Waals surface area contributed by atoms with Crippen LogP contribution in [-0.4, -0.2) is 0 Å². The first kappa shape index (κ1) is 20.6. The molecule has 156 valence electrons. The van der Waals surface area contributed by atoms with Gasteiger partial charge in [-0.2, -0.15) is 0 Å². The molecule has 1 atom stereocenters. The zero-order valence-corrected chi connectivity index (χ0v) is 16.5. The van der Waals surface area contributed by atoms with E-state index < -0.39 is 29.1 Å². The molecule has 1 aliphatic carbocycles. The van der Waals surface area contributed by atoms with Gasteiger partial charge in [0, 0.05) is 11.1 Å². The van der Waals surface area contributed by atoms with Crippen molar-refractivity contribution in [2.45, 2.75) is 44.9 Å². The van der Waals surface area contributed by atoms with Crippen LogP contribution in [0.3, 0.4) is 0 Å². The first-order chi connectivity index (χ1) is 14.4. The molecule has 0 fully saturated rings. The molecule has 1 unspecified atom stereocenters. The molecule has 0 radical (unpaired) electrons. The topological polar surface area (TPSA) is 0 Å². The monoisotopic (exact) mass is 416 g/mol. The highest BCUT2D eigenvalue weighted by Crippen LogP contribution is 2.39. The fraction of sp³-hybridized carbons (Fsp3) is 0.280. The molecule has 0 bridgehead atoms. The molecule has 0 amide bonds. The second-order valence-electron chi connectivity index (χ2n) is 7.86. The van der Waals surface area contributed by atoms with Crippen molar-refractivity contribution < 1.29 is 22.0 Å². The summed E-state index contributed by atoms with van der Waals surface area (Å²) >= 11 is 0. The third-order valence-corrected chi connectivity index (χ3v) is 5.87. The van der Waals surface area contributed by atoms with Crippen LogP contribution >= 0.6 is 0 Å². The molecule has 4 rings (SSSR count). The van der Waals surface area contributed by atoms with E-state index in [2.05, 4.69) is 0 Å². The van der Waals surface area contributed by atoms with Crippen LogP contribution < -0.4 is 0 Å². The van der Waals surface area contributed by atoms with Crippen molar-refractivity contribution in [3.63, 3.8) is 0 Å². The first-order valence-electron chi connectivity index (χ1n) is 10.1. The SMILES string of the molecule is CCCc1cc(F)c(C2CCc3c(ccc(-c4ccc(F)c(F)c4)c3F)C2)c(F)c1. The Hall–Kier alpha value is -2.69. The lowest BCUT2D eigenvalue weighted by Crippen LogP contribution is -2.17. The van der Waals surface area contributed by atoms with E-state index in [0.717, 1.165) is 18.6 Å². The minimum Gasteiger partial charge on any atom is -0.207 e. The Morgan fingerprint density at radius 2 is 1.57 bits per heavy atom. The van der Waals surface area contributed by atoms with Crippen molar-refractivity contribution in [2.75, 3.05) is 0 Å². The molecule has 1 aliphatic rings. The highest BCUT2D eigenvalue weighted by molar-refractivity contribution is 5.66. The van der Waals surface area contributed by atoms with E-state index in [4.69, 9.17) is 0 Å². The van der Waals surface area contributed by atoms with Gasteiger partial charge in [0.25, 0.3) is 0 Å². The normalized spacial score (nSPS) is 15.9. The van der Waals surface area contributed by atoms with E-state index >= 15 is 4.39 Å². The van der Waals surface area contributed by atoms with Gasteiger partial charge in [0.1, 0.15) is 17.5 Å². The number of halogens is 5. The van der Waals surface area contributed by atoms with E-state index in [1.165, 1.54) is 24.3 Å². The van der Waals surface area contributed by atoms with Gasteiger partial charge in [-0.1, -0.05) is 31.5 Å². The van der Waals surface area contributed by atoms with Crippen LogP contribution in [-0.2, 0) is 19.3 Å². The summed E-state index contributed by atoms with van der Waals surface area (Å²) in [6, 6.07) is 9.27. The quantitative estimate of drug-likeness (QED) is 0.392. The molecule has 0 nitrogen and oxygen atoms in total. The van der Waals surface area contributed by atoms with Crippen molar-refractivity contribution in [2.24, 2.45) is 0 Å². The average Bonchev–Trinajstić information content (AvgIpc) is 2.70. The number of hydrogen-bond acceptors (Lipinski definition) is 0. The van der Waals surface area contributed by atoms with E-state index in [1.807, 2.05) is 6.92 Å². The molecule has 3 aromatic rings.